The lowest BCUT2D eigenvalue weighted by molar-refractivity contribution is -0.146. The second kappa shape index (κ2) is 14.8. The molecule has 0 bridgehead atoms. The van der Waals surface area contributed by atoms with E-state index in [1.165, 1.54) is 19.4 Å². The fourth-order valence-electron chi connectivity index (χ4n) is 3.21. The highest BCUT2D eigenvalue weighted by Gasteiger charge is 2.18. The van der Waals surface area contributed by atoms with Gasteiger partial charge in [0, 0.05) is 39.1 Å². The Kier molecular flexibility index (Phi) is 13.2. The van der Waals surface area contributed by atoms with E-state index in [1.807, 2.05) is 0 Å². The molecular weight excluding hydrogens is 368 g/mol. The molecule has 0 N–H and O–H groups in total. The van der Waals surface area contributed by atoms with Gasteiger partial charge in [0.15, 0.2) is 0 Å². The van der Waals surface area contributed by atoms with Gasteiger partial charge in [-0.05, 0) is 37.6 Å². The number of unbranched alkanes of at least 4 members (excludes halogenated alkanes) is 2. The van der Waals surface area contributed by atoms with E-state index in [2.05, 4.69) is 37.5 Å². The molecule has 29 heavy (non-hydrogen) atoms. The first-order valence-corrected chi connectivity index (χ1v) is 11.6. The molecule has 0 aromatic rings. The molecule has 0 amide bonds. The third-order valence-corrected chi connectivity index (χ3v) is 5.95. The minimum absolute atomic E-state index is 0.127. The van der Waals surface area contributed by atoms with Gasteiger partial charge in [-0.25, -0.2) is 0 Å². The van der Waals surface area contributed by atoms with E-state index in [0.717, 1.165) is 58.4 Å². The summed E-state index contributed by atoms with van der Waals surface area (Å²) in [6.07, 6.45) is 6.81. The molecule has 1 heterocycles. The number of piperazine rings is 1. The number of hydrogen-bond acceptors (Lipinski definition) is 6. The number of carbonyl (C=O) groups excluding carboxylic acids is 2. The largest absolute Gasteiger partial charge is 0.466 e. The molecule has 0 spiro atoms. The third-order valence-electron chi connectivity index (χ3n) is 5.95. The summed E-state index contributed by atoms with van der Waals surface area (Å²) < 4.78 is 10.6. The summed E-state index contributed by atoms with van der Waals surface area (Å²) in [5.41, 5.74) is 0.190. The lowest BCUT2D eigenvalue weighted by Crippen LogP contribution is -2.47. The zero-order chi connectivity index (χ0) is 21.5. The van der Waals surface area contributed by atoms with E-state index in [9.17, 15) is 9.59 Å². The fraction of sp³-hybridized carbons (Fsp3) is 0.913. The highest BCUT2D eigenvalue weighted by atomic mass is 16.5. The molecule has 6 nitrogen and oxygen atoms in total. The van der Waals surface area contributed by atoms with Crippen molar-refractivity contribution in [3.63, 3.8) is 0 Å². The number of rotatable bonds is 15. The maximum atomic E-state index is 11.9. The van der Waals surface area contributed by atoms with Gasteiger partial charge >= 0.3 is 11.9 Å². The molecule has 1 saturated heterocycles. The Morgan fingerprint density at radius 1 is 0.793 bits per heavy atom. The minimum atomic E-state index is -0.128. The number of ether oxygens (including phenoxy) is 2. The van der Waals surface area contributed by atoms with Crippen LogP contribution in [0.1, 0.15) is 79.1 Å². The molecular formula is C23H44N2O4. The molecule has 1 fully saturated rings. The van der Waals surface area contributed by atoms with Crippen LogP contribution in [0.5, 0.6) is 0 Å². The van der Waals surface area contributed by atoms with Gasteiger partial charge in [0.2, 0.25) is 0 Å². The first-order chi connectivity index (χ1) is 13.9. The topological polar surface area (TPSA) is 59.1 Å². The van der Waals surface area contributed by atoms with Crippen LogP contribution in [0.4, 0.5) is 0 Å². The van der Waals surface area contributed by atoms with Gasteiger partial charge in [0.05, 0.1) is 19.6 Å². The van der Waals surface area contributed by atoms with Crippen LogP contribution in [0, 0.1) is 5.41 Å². The van der Waals surface area contributed by atoms with E-state index in [-0.39, 0.29) is 17.4 Å². The second-order valence-electron chi connectivity index (χ2n) is 8.95. The molecule has 0 atom stereocenters. The van der Waals surface area contributed by atoms with Crippen molar-refractivity contribution in [2.24, 2.45) is 5.41 Å². The molecule has 170 valence electrons. The van der Waals surface area contributed by atoms with Crippen molar-refractivity contribution in [3.8, 4) is 0 Å². The zero-order valence-electron chi connectivity index (χ0n) is 19.3. The Hall–Kier alpha value is -1.14. The maximum Gasteiger partial charge on any atom is 0.307 e. The van der Waals surface area contributed by atoms with Crippen molar-refractivity contribution in [2.75, 3.05) is 52.5 Å². The molecule has 1 aliphatic rings. The van der Waals surface area contributed by atoms with Gasteiger partial charge < -0.3 is 19.3 Å². The van der Waals surface area contributed by atoms with Crippen LogP contribution in [0.15, 0.2) is 0 Å². The first-order valence-electron chi connectivity index (χ1n) is 11.6. The summed E-state index contributed by atoms with van der Waals surface area (Å²) in [5.74, 6) is -0.254. The van der Waals surface area contributed by atoms with Crippen LogP contribution in [0.3, 0.4) is 0 Å². The van der Waals surface area contributed by atoms with Gasteiger partial charge in [0.1, 0.15) is 0 Å². The standard InChI is InChI=1S/C23H44N2O4/c1-5-7-13-24-15-17-25(18-16-24)14-11-22(27)29-20-9-8-19-28-21(26)10-12-23(3,4)6-2/h5-20H2,1-4H3. The molecule has 0 aromatic heterocycles. The van der Waals surface area contributed by atoms with Crippen molar-refractivity contribution in [3.05, 3.63) is 0 Å². The van der Waals surface area contributed by atoms with Gasteiger partial charge in [-0.2, -0.15) is 0 Å². The van der Waals surface area contributed by atoms with Gasteiger partial charge in [-0.1, -0.05) is 40.5 Å². The smallest absolute Gasteiger partial charge is 0.307 e. The fourth-order valence-corrected chi connectivity index (χ4v) is 3.21. The molecule has 0 unspecified atom stereocenters. The van der Waals surface area contributed by atoms with Crippen molar-refractivity contribution in [1.82, 2.24) is 9.80 Å². The first kappa shape index (κ1) is 25.9. The van der Waals surface area contributed by atoms with Crippen LogP contribution in [0.2, 0.25) is 0 Å². The Bertz CT molecular complexity index is 460. The summed E-state index contributed by atoms with van der Waals surface area (Å²) >= 11 is 0. The molecule has 0 aliphatic carbocycles. The quantitative estimate of drug-likeness (QED) is 0.301. The van der Waals surface area contributed by atoms with Crippen molar-refractivity contribution >= 4 is 11.9 Å². The van der Waals surface area contributed by atoms with E-state index in [1.54, 1.807) is 0 Å². The summed E-state index contributed by atoms with van der Waals surface area (Å²) in [6, 6.07) is 0. The lowest BCUT2D eigenvalue weighted by atomic mass is 9.85. The summed E-state index contributed by atoms with van der Waals surface area (Å²) in [6.45, 7) is 15.8. The Morgan fingerprint density at radius 2 is 1.31 bits per heavy atom. The van der Waals surface area contributed by atoms with Crippen LogP contribution in [0.25, 0.3) is 0 Å². The van der Waals surface area contributed by atoms with Crippen molar-refractivity contribution < 1.29 is 19.1 Å². The summed E-state index contributed by atoms with van der Waals surface area (Å²) in [5, 5.41) is 0. The molecule has 0 radical (unpaired) electrons. The van der Waals surface area contributed by atoms with Crippen LogP contribution < -0.4 is 0 Å². The van der Waals surface area contributed by atoms with Crippen LogP contribution in [-0.4, -0.2) is 74.2 Å². The molecule has 0 saturated carbocycles. The van der Waals surface area contributed by atoms with E-state index >= 15 is 0 Å². The number of nitrogens with zero attached hydrogens (tertiary/aromatic N) is 2. The van der Waals surface area contributed by atoms with Gasteiger partial charge in [-0.15, -0.1) is 0 Å². The maximum absolute atomic E-state index is 11.9. The molecule has 0 aromatic carbocycles. The summed E-state index contributed by atoms with van der Waals surface area (Å²) in [4.78, 5) is 28.5. The van der Waals surface area contributed by atoms with Crippen LogP contribution in [-0.2, 0) is 19.1 Å². The average molecular weight is 413 g/mol. The SMILES string of the molecule is CCCCN1CCN(CCC(=O)OCCCCOC(=O)CCC(C)(C)CC)CC1. The highest BCUT2D eigenvalue weighted by molar-refractivity contribution is 5.69. The Labute approximate surface area is 178 Å². The Morgan fingerprint density at radius 3 is 1.83 bits per heavy atom. The zero-order valence-corrected chi connectivity index (χ0v) is 19.3. The van der Waals surface area contributed by atoms with Gasteiger partial charge in [0.25, 0.3) is 0 Å². The van der Waals surface area contributed by atoms with Crippen molar-refractivity contribution in [1.29, 1.82) is 0 Å². The normalized spacial score (nSPS) is 16.0. The molecule has 1 aliphatic heterocycles. The van der Waals surface area contributed by atoms with Gasteiger partial charge in [-0.3, -0.25) is 9.59 Å². The predicted molar refractivity (Wildman–Crippen MR) is 117 cm³/mol. The number of carbonyl (C=O) groups is 2. The average Bonchev–Trinajstić information content (AvgIpc) is 2.72. The van der Waals surface area contributed by atoms with E-state index < -0.39 is 0 Å². The monoisotopic (exact) mass is 412 g/mol. The predicted octanol–water partition coefficient (Wildman–Crippen LogP) is 3.88. The Balaban J connectivity index is 1.96. The third kappa shape index (κ3) is 12.9. The summed E-state index contributed by atoms with van der Waals surface area (Å²) in [7, 11) is 0. The van der Waals surface area contributed by atoms with Crippen molar-refractivity contribution in [2.45, 2.75) is 79.1 Å². The molecule has 1 rings (SSSR count). The number of hydrogen-bond donors (Lipinski definition) is 0. The van der Waals surface area contributed by atoms with E-state index in [4.69, 9.17) is 9.47 Å². The van der Waals surface area contributed by atoms with E-state index in [0.29, 0.717) is 26.1 Å². The minimum Gasteiger partial charge on any atom is -0.466 e. The molecule has 6 heteroatoms. The highest BCUT2D eigenvalue weighted by Crippen LogP contribution is 2.26. The lowest BCUT2D eigenvalue weighted by Gasteiger charge is -2.34. The van der Waals surface area contributed by atoms with Crippen LogP contribution >= 0.6 is 0 Å². The number of esters is 2. The second-order valence-corrected chi connectivity index (χ2v) is 8.95.